The zero-order valence-corrected chi connectivity index (χ0v) is 11.5. The molecule has 0 radical (unpaired) electrons. The molecule has 16 heavy (non-hydrogen) atoms. The topological polar surface area (TPSA) is 66.4 Å². The number of nitrogens with one attached hydrogen (secondary N) is 1. The fourth-order valence-electron chi connectivity index (χ4n) is 1.43. The summed E-state index contributed by atoms with van der Waals surface area (Å²) in [5.74, 6) is 0.905. The van der Waals surface area contributed by atoms with Gasteiger partial charge >= 0.3 is 0 Å². The summed E-state index contributed by atoms with van der Waals surface area (Å²) in [6, 6.07) is -0.374. The summed E-state index contributed by atoms with van der Waals surface area (Å²) >= 11 is 5.48. The molecule has 0 rings (SSSR count). The maximum Gasteiger partial charge on any atom is 0.211 e. The minimum absolute atomic E-state index is 0.0777. The molecule has 0 aromatic rings. The van der Waals surface area contributed by atoms with Crippen molar-refractivity contribution in [3.63, 3.8) is 0 Å². The van der Waals surface area contributed by atoms with E-state index in [1.807, 2.05) is 13.8 Å². The number of sulfonamides is 1. The predicted octanol–water partition coefficient (Wildman–Crippen LogP) is 1.33. The average molecular weight is 272 g/mol. The Balaban J connectivity index is 4.10. The number of aliphatic hydroxyl groups excluding tert-OH is 1. The summed E-state index contributed by atoms with van der Waals surface area (Å²) in [4.78, 5) is 0. The Morgan fingerprint density at radius 1 is 1.31 bits per heavy atom. The summed E-state index contributed by atoms with van der Waals surface area (Å²) < 4.78 is 25.7. The second kappa shape index (κ2) is 8.28. The largest absolute Gasteiger partial charge is 0.395 e. The van der Waals surface area contributed by atoms with Crippen molar-refractivity contribution in [1.82, 2.24) is 4.72 Å². The number of hydrogen-bond donors (Lipinski definition) is 2. The quantitative estimate of drug-likeness (QED) is 0.491. The van der Waals surface area contributed by atoms with Gasteiger partial charge in [-0.1, -0.05) is 13.8 Å². The maximum atomic E-state index is 11.6. The number of rotatable bonds is 9. The highest BCUT2D eigenvalue weighted by molar-refractivity contribution is 7.89. The van der Waals surface area contributed by atoms with Crippen molar-refractivity contribution in [3.05, 3.63) is 0 Å². The van der Waals surface area contributed by atoms with Crippen LogP contribution in [0.5, 0.6) is 0 Å². The Morgan fingerprint density at radius 2 is 1.94 bits per heavy atom. The first-order chi connectivity index (χ1) is 7.41. The highest BCUT2D eigenvalue weighted by Crippen LogP contribution is 2.06. The Morgan fingerprint density at radius 3 is 2.38 bits per heavy atom. The Bertz CT molecular complexity index is 267. The lowest BCUT2D eigenvalue weighted by Crippen LogP contribution is -2.39. The van der Waals surface area contributed by atoms with Gasteiger partial charge in [0.05, 0.1) is 12.4 Å². The third-order valence-electron chi connectivity index (χ3n) is 2.12. The summed E-state index contributed by atoms with van der Waals surface area (Å²) in [6.07, 6.45) is 1.89. The van der Waals surface area contributed by atoms with Gasteiger partial charge in [0.15, 0.2) is 0 Å². The lowest BCUT2D eigenvalue weighted by molar-refractivity contribution is 0.240. The normalized spacial score (nSPS) is 14.3. The van der Waals surface area contributed by atoms with Crippen LogP contribution < -0.4 is 4.72 Å². The minimum Gasteiger partial charge on any atom is -0.395 e. The first-order valence-corrected chi connectivity index (χ1v) is 7.76. The smallest absolute Gasteiger partial charge is 0.211 e. The third-order valence-corrected chi connectivity index (χ3v) is 3.91. The van der Waals surface area contributed by atoms with Gasteiger partial charge in [0.2, 0.25) is 10.0 Å². The van der Waals surface area contributed by atoms with E-state index in [-0.39, 0.29) is 18.4 Å². The molecule has 0 heterocycles. The fourth-order valence-corrected chi connectivity index (χ4v) is 3.00. The van der Waals surface area contributed by atoms with E-state index in [0.29, 0.717) is 31.1 Å². The van der Waals surface area contributed by atoms with Gasteiger partial charge < -0.3 is 5.11 Å². The molecule has 0 aliphatic heterocycles. The highest BCUT2D eigenvalue weighted by Gasteiger charge is 2.17. The number of aliphatic hydroxyl groups is 1. The third kappa shape index (κ3) is 8.33. The van der Waals surface area contributed by atoms with Crippen LogP contribution in [0.25, 0.3) is 0 Å². The van der Waals surface area contributed by atoms with E-state index in [0.717, 1.165) is 0 Å². The zero-order chi connectivity index (χ0) is 12.6. The Hall–Kier alpha value is 0.160. The van der Waals surface area contributed by atoms with Crippen LogP contribution in [0, 0.1) is 5.92 Å². The molecule has 6 heteroatoms. The summed E-state index contributed by atoms with van der Waals surface area (Å²) in [5.41, 5.74) is 0. The van der Waals surface area contributed by atoms with Gasteiger partial charge in [-0.15, -0.1) is 11.6 Å². The molecule has 0 fully saturated rings. The molecule has 0 aromatic heterocycles. The van der Waals surface area contributed by atoms with Crippen LogP contribution in [-0.2, 0) is 10.0 Å². The van der Waals surface area contributed by atoms with Crippen LogP contribution >= 0.6 is 11.6 Å². The maximum absolute atomic E-state index is 11.6. The van der Waals surface area contributed by atoms with E-state index in [4.69, 9.17) is 16.7 Å². The van der Waals surface area contributed by atoms with Crippen molar-refractivity contribution >= 4 is 21.6 Å². The molecule has 0 amide bonds. The molecule has 1 atom stereocenters. The van der Waals surface area contributed by atoms with Gasteiger partial charge in [0, 0.05) is 11.9 Å². The summed E-state index contributed by atoms with van der Waals surface area (Å²) in [7, 11) is -3.28. The predicted molar refractivity (Wildman–Crippen MR) is 67.2 cm³/mol. The first-order valence-electron chi connectivity index (χ1n) is 5.58. The molecule has 0 saturated carbocycles. The molecule has 0 aromatic carbocycles. The zero-order valence-electron chi connectivity index (χ0n) is 9.95. The van der Waals surface area contributed by atoms with Crippen molar-refractivity contribution in [2.45, 2.75) is 39.2 Å². The van der Waals surface area contributed by atoms with Crippen molar-refractivity contribution in [2.75, 3.05) is 18.2 Å². The number of unbranched alkanes of at least 4 members (excludes halogenated alkanes) is 1. The first kappa shape index (κ1) is 16.2. The molecule has 0 spiro atoms. The fraction of sp³-hybridized carbons (Fsp3) is 1.00. The highest BCUT2D eigenvalue weighted by atomic mass is 35.5. The van der Waals surface area contributed by atoms with E-state index in [1.165, 1.54) is 0 Å². The SMILES string of the molecule is CC(C)CC(CO)NS(=O)(=O)CCCCCl. The van der Waals surface area contributed by atoms with Gasteiger partial charge in [0.25, 0.3) is 0 Å². The molecule has 0 saturated heterocycles. The Kier molecular flexibility index (Phi) is 8.36. The van der Waals surface area contributed by atoms with Gasteiger partial charge in [-0.3, -0.25) is 0 Å². The lowest BCUT2D eigenvalue weighted by Gasteiger charge is -2.18. The van der Waals surface area contributed by atoms with E-state index >= 15 is 0 Å². The lowest BCUT2D eigenvalue weighted by atomic mass is 10.1. The van der Waals surface area contributed by atoms with Gasteiger partial charge in [0.1, 0.15) is 0 Å². The second-order valence-electron chi connectivity index (χ2n) is 4.34. The average Bonchev–Trinajstić information content (AvgIpc) is 2.15. The molecular weight excluding hydrogens is 250 g/mol. The molecular formula is C10H22ClNO3S. The van der Waals surface area contributed by atoms with Crippen molar-refractivity contribution < 1.29 is 13.5 Å². The van der Waals surface area contributed by atoms with Gasteiger partial charge in [-0.2, -0.15) is 0 Å². The number of hydrogen-bond acceptors (Lipinski definition) is 3. The minimum atomic E-state index is -3.28. The van der Waals surface area contributed by atoms with Gasteiger partial charge in [-0.05, 0) is 25.2 Å². The van der Waals surface area contributed by atoms with Crippen molar-refractivity contribution in [3.8, 4) is 0 Å². The van der Waals surface area contributed by atoms with E-state index in [9.17, 15) is 8.42 Å². The summed E-state index contributed by atoms with van der Waals surface area (Å²) in [6.45, 7) is 3.82. The number of alkyl halides is 1. The molecule has 4 nitrogen and oxygen atoms in total. The molecule has 98 valence electrons. The van der Waals surface area contributed by atoms with Crippen LogP contribution in [0.4, 0.5) is 0 Å². The van der Waals surface area contributed by atoms with Crippen LogP contribution in [0.2, 0.25) is 0 Å². The van der Waals surface area contributed by atoms with Crippen molar-refractivity contribution in [2.24, 2.45) is 5.92 Å². The molecule has 2 N–H and O–H groups in total. The van der Waals surface area contributed by atoms with E-state index in [1.54, 1.807) is 0 Å². The molecule has 0 bridgehead atoms. The monoisotopic (exact) mass is 271 g/mol. The van der Waals surface area contributed by atoms with E-state index in [2.05, 4.69) is 4.72 Å². The van der Waals surface area contributed by atoms with Gasteiger partial charge in [-0.25, -0.2) is 13.1 Å². The van der Waals surface area contributed by atoms with Crippen molar-refractivity contribution in [1.29, 1.82) is 0 Å². The van der Waals surface area contributed by atoms with E-state index < -0.39 is 10.0 Å². The second-order valence-corrected chi connectivity index (χ2v) is 6.59. The summed E-state index contributed by atoms with van der Waals surface area (Å²) in [5, 5.41) is 9.06. The molecule has 0 aliphatic rings. The van der Waals surface area contributed by atoms with Crippen LogP contribution in [0.3, 0.4) is 0 Å². The Labute approximate surface area is 103 Å². The standard InChI is InChI=1S/C10H22ClNO3S/c1-9(2)7-10(8-13)12-16(14,15)6-4-3-5-11/h9-10,12-13H,3-8H2,1-2H3. The van der Waals surface area contributed by atoms with Crippen LogP contribution in [0.15, 0.2) is 0 Å². The molecule has 0 aliphatic carbocycles. The number of halogens is 1. The van der Waals surface area contributed by atoms with Crippen LogP contribution in [0.1, 0.15) is 33.1 Å². The van der Waals surface area contributed by atoms with Crippen LogP contribution in [-0.4, -0.2) is 37.8 Å². The molecule has 1 unspecified atom stereocenters.